The van der Waals surface area contributed by atoms with Gasteiger partial charge in [0.25, 0.3) is 10.0 Å². The molecule has 2 amide bonds. The van der Waals surface area contributed by atoms with Crippen LogP contribution < -0.4 is 9.62 Å². The predicted octanol–water partition coefficient (Wildman–Crippen LogP) is 6.36. The minimum Gasteiger partial charge on any atom is -0.352 e. The van der Waals surface area contributed by atoms with E-state index >= 15 is 0 Å². The maximum Gasteiger partial charge on any atom is 0.264 e. The Balaban J connectivity index is 1.72. The number of rotatable bonds is 11. The second-order valence-corrected chi connectivity index (χ2v) is 13.1. The van der Waals surface area contributed by atoms with Crippen LogP contribution in [0.1, 0.15) is 50.2 Å². The number of carbonyl (C=O) groups excluding carboxylic acids is 2. The topological polar surface area (TPSA) is 86.8 Å². The van der Waals surface area contributed by atoms with Crippen molar-refractivity contribution in [3.05, 3.63) is 94.0 Å². The Morgan fingerprint density at radius 2 is 1.59 bits per heavy atom. The molecule has 1 N–H and O–H groups in total. The van der Waals surface area contributed by atoms with Crippen molar-refractivity contribution in [2.45, 2.75) is 69.5 Å². The van der Waals surface area contributed by atoms with Gasteiger partial charge in [0.05, 0.1) is 10.6 Å². The van der Waals surface area contributed by atoms with Gasteiger partial charge >= 0.3 is 0 Å². The second kappa shape index (κ2) is 13.7. The van der Waals surface area contributed by atoms with E-state index in [0.717, 1.165) is 35.6 Å². The largest absolute Gasteiger partial charge is 0.352 e. The highest BCUT2D eigenvalue weighted by molar-refractivity contribution is 7.92. The van der Waals surface area contributed by atoms with Crippen molar-refractivity contribution < 1.29 is 18.0 Å². The number of hydrogen-bond acceptors (Lipinski definition) is 4. The summed E-state index contributed by atoms with van der Waals surface area (Å²) < 4.78 is 29.0. The molecule has 1 saturated carbocycles. The first-order valence-electron chi connectivity index (χ1n) is 13.8. The lowest BCUT2D eigenvalue weighted by molar-refractivity contribution is -0.140. The molecule has 0 aliphatic heterocycles. The zero-order valence-corrected chi connectivity index (χ0v) is 25.6. The molecular weight excluding hydrogens is 581 g/mol. The van der Waals surface area contributed by atoms with E-state index in [9.17, 15) is 18.0 Å². The van der Waals surface area contributed by atoms with Gasteiger partial charge in [0, 0.05) is 22.6 Å². The van der Waals surface area contributed by atoms with Gasteiger partial charge in [-0.1, -0.05) is 73.3 Å². The lowest BCUT2D eigenvalue weighted by atomic mass is 10.1. The molecular formula is C31H35Cl2N3O4S. The van der Waals surface area contributed by atoms with Crippen molar-refractivity contribution >= 4 is 50.7 Å². The summed E-state index contributed by atoms with van der Waals surface area (Å²) in [6, 6.07) is 19.2. The Hall–Kier alpha value is -3.07. The van der Waals surface area contributed by atoms with Gasteiger partial charge in [0.15, 0.2) is 0 Å². The average Bonchev–Trinajstić information content (AvgIpc) is 3.46. The standard InChI is InChI=1S/C31H35Cl2N3O4S/c1-3-28(31(38)34-26-9-7-8-10-26)35(20-23-13-15-24(32)16-14-23)30(37)21-36(29-18-17-25(33)19-22(29)2)41(39,40)27-11-5-4-6-12-27/h4-6,11-19,26,28H,3,7-10,20-21H2,1-2H3,(H,34,38)/t28-/m0/s1. The summed E-state index contributed by atoms with van der Waals surface area (Å²) in [5.74, 6) is -0.732. The van der Waals surface area contributed by atoms with E-state index in [0.29, 0.717) is 27.7 Å². The Bertz CT molecular complexity index is 1460. The van der Waals surface area contributed by atoms with Gasteiger partial charge in [0.2, 0.25) is 11.8 Å². The minimum atomic E-state index is -4.14. The fourth-order valence-corrected chi connectivity index (χ4v) is 7.06. The van der Waals surface area contributed by atoms with Gasteiger partial charge in [-0.15, -0.1) is 0 Å². The summed E-state index contributed by atoms with van der Waals surface area (Å²) in [5.41, 5.74) is 1.71. The van der Waals surface area contributed by atoms with Crippen LogP contribution in [-0.2, 0) is 26.2 Å². The molecule has 0 spiro atoms. The Labute approximate surface area is 252 Å². The highest BCUT2D eigenvalue weighted by Crippen LogP contribution is 2.30. The third-order valence-electron chi connectivity index (χ3n) is 7.39. The third-order valence-corrected chi connectivity index (χ3v) is 9.65. The number of aryl methyl sites for hydroxylation is 1. The van der Waals surface area contributed by atoms with Crippen molar-refractivity contribution in [1.29, 1.82) is 0 Å². The number of nitrogens with one attached hydrogen (secondary N) is 1. The van der Waals surface area contributed by atoms with Crippen LogP contribution in [0.15, 0.2) is 77.7 Å². The molecule has 1 atom stereocenters. The molecule has 4 rings (SSSR count). The number of halogens is 2. The van der Waals surface area contributed by atoms with Crippen LogP contribution in [0.4, 0.5) is 5.69 Å². The summed E-state index contributed by atoms with van der Waals surface area (Å²) in [7, 11) is -4.14. The normalized spacial score (nSPS) is 14.4. The van der Waals surface area contributed by atoms with Crippen LogP contribution in [0.3, 0.4) is 0 Å². The summed E-state index contributed by atoms with van der Waals surface area (Å²) in [6.07, 6.45) is 4.30. The van der Waals surface area contributed by atoms with Crippen LogP contribution in [0.2, 0.25) is 10.0 Å². The van der Waals surface area contributed by atoms with Crippen LogP contribution >= 0.6 is 23.2 Å². The number of sulfonamides is 1. The lowest BCUT2D eigenvalue weighted by Crippen LogP contribution is -2.53. The van der Waals surface area contributed by atoms with Gasteiger partial charge in [-0.05, 0) is 79.8 Å². The van der Waals surface area contributed by atoms with E-state index in [2.05, 4.69) is 5.32 Å². The molecule has 0 bridgehead atoms. The summed E-state index contributed by atoms with van der Waals surface area (Å²) >= 11 is 12.3. The van der Waals surface area contributed by atoms with Gasteiger partial charge < -0.3 is 10.2 Å². The summed E-state index contributed by atoms with van der Waals surface area (Å²) in [4.78, 5) is 29.2. The average molecular weight is 617 g/mol. The first-order valence-corrected chi connectivity index (χ1v) is 16.0. The second-order valence-electron chi connectivity index (χ2n) is 10.3. The first kappa shape index (κ1) is 30.9. The van der Waals surface area contributed by atoms with Crippen LogP contribution in [0.25, 0.3) is 0 Å². The highest BCUT2D eigenvalue weighted by Gasteiger charge is 2.35. The predicted molar refractivity (Wildman–Crippen MR) is 164 cm³/mol. The first-order chi connectivity index (χ1) is 19.6. The van der Waals surface area contributed by atoms with Crippen molar-refractivity contribution in [3.63, 3.8) is 0 Å². The molecule has 0 unspecified atom stereocenters. The molecule has 0 saturated heterocycles. The molecule has 1 aliphatic rings. The number of nitrogens with zero attached hydrogens (tertiary/aromatic N) is 2. The zero-order chi connectivity index (χ0) is 29.6. The summed E-state index contributed by atoms with van der Waals surface area (Å²) in [6.45, 7) is 3.21. The molecule has 0 aromatic heterocycles. The molecule has 1 fully saturated rings. The molecule has 0 heterocycles. The number of anilines is 1. The monoisotopic (exact) mass is 615 g/mol. The molecule has 3 aromatic rings. The maximum atomic E-state index is 14.2. The molecule has 218 valence electrons. The smallest absolute Gasteiger partial charge is 0.264 e. The number of benzene rings is 3. The SMILES string of the molecule is CC[C@@H](C(=O)NC1CCCC1)N(Cc1ccc(Cl)cc1)C(=O)CN(c1ccc(Cl)cc1C)S(=O)(=O)c1ccccc1. The fourth-order valence-electron chi connectivity index (χ4n) is 5.21. The molecule has 7 nitrogen and oxygen atoms in total. The van der Waals surface area contributed by atoms with E-state index in [4.69, 9.17) is 23.2 Å². The molecule has 41 heavy (non-hydrogen) atoms. The third kappa shape index (κ3) is 7.61. The van der Waals surface area contributed by atoms with E-state index in [1.54, 1.807) is 67.6 Å². The fraction of sp³-hybridized carbons (Fsp3) is 0.355. The van der Waals surface area contributed by atoms with Crippen LogP contribution in [0.5, 0.6) is 0 Å². The lowest BCUT2D eigenvalue weighted by Gasteiger charge is -2.34. The van der Waals surface area contributed by atoms with E-state index in [1.165, 1.54) is 17.0 Å². The zero-order valence-electron chi connectivity index (χ0n) is 23.2. The molecule has 3 aromatic carbocycles. The van der Waals surface area contributed by atoms with Gasteiger partial charge in [-0.3, -0.25) is 13.9 Å². The number of hydrogen-bond donors (Lipinski definition) is 1. The van der Waals surface area contributed by atoms with Crippen molar-refractivity contribution in [2.75, 3.05) is 10.8 Å². The molecule has 10 heteroatoms. The minimum absolute atomic E-state index is 0.0532. The molecule has 0 radical (unpaired) electrons. The summed E-state index contributed by atoms with van der Waals surface area (Å²) in [5, 5.41) is 4.12. The maximum absolute atomic E-state index is 14.2. The van der Waals surface area contributed by atoms with Crippen molar-refractivity contribution in [3.8, 4) is 0 Å². The van der Waals surface area contributed by atoms with Gasteiger partial charge in [-0.2, -0.15) is 0 Å². The van der Waals surface area contributed by atoms with Crippen molar-refractivity contribution in [1.82, 2.24) is 10.2 Å². The van der Waals surface area contributed by atoms with Crippen LogP contribution in [0, 0.1) is 6.92 Å². The van der Waals surface area contributed by atoms with E-state index < -0.39 is 28.5 Å². The molecule has 1 aliphatic carbocycles. The van der Waals surface area contributed by atoms with Gasteiger partial charge in [0.1, 0.15) is 12.6 Å². The quantitative estimate of drug-likeness (QED) is 0.272. The number of carbonyl (C=O) groups is 2. The van der Waals surface area contributed by atoms with Crippen molar-refractivity contribution in [2.24, 2.45) is 0 Å². The van der Waals surface area contributed by atoms with Gasteiger partial charge in [-0.25, -0.2) is 8.42 Å². The highest BCUT2D eigenvalue weighted by atomic mass is 35.5. The Kier molecular flexibility index (Phi) is 10.3. The van der Waals surface area contributed by atoms with Crippen LogP contribution in [-0.4, -0.2) is 43.8 Å². The Morgan fingerprint density at radius 1 is 0.951 bits per heavy atom. The van der Waals surface area contributed by atoms with E-state index in [-0.39, 0.29) is 23.4 Å². The number of amides is 2. The van der Waals surface area contributed by atoms with E-state index in [1.807, 2.05) is 6.92 Å². The Morgan fingerprint density at radius 3 is 2.20 bits per heavy atom.